The summed E-state index contributed by atoms with van der Waals surface area (Å²) in [6.45, 7) is 6.48. The molecule has 7 nitrogen and oxygen atoms in total. The lowest BCUT2D eigenvalue weighted by Gasteiger charge is -2.23. The highest BCUT2D eigenvalue weighted by Crippen LogP contribution is 2.33. The number of carboxylic acids is 1. The molecule has 1 amide bonds. The monoisotopic (exact) mass is 625 g/mol. The normalized spacial score (nSPS) is 13.1. The van der Waals surface area contributed by atoms with Gasteiger partial charge in [0.05, 0.1) is 6.54 Å². The molecule has 0 atom stereocenters. The van der Waals surface area contributed by atoms with Crippen LogP contribution in [0.3, 0.4) is 0 Å². The number of nitrogens with zero attached hydrogens (tertiary/aromatic N) is 2. The van der Waals surface area contributed by atoms with Crippen LogP contribution < -0.4 is 10.6 Å². The van der Waals surface area contributed by atoms with E-state index in [0.29, 0.717) is 24.6 Å². The summed E-state index contributed by atoms with van der Waals surface area (Å²) in [5, 5.41) is 18.8. The van der Waals surface area contributed by atoms with E-state index < -0.39 is 5.97 Å². The zero-order valence-electron chi connectivity index (χ0n) is 26.1. The first-order valence-electron chi connectivity index (χ1n) is 15.5. The van der Waals surface area contributed by atoms with Gasteiger partial charge >= 0.3 is 5.97 Å². The Hall–Kier alpha value is -4.27. The minimum absolute atomic E-state index is 0.184. The fourth-order valence-corrected chi connectivity index (χ4v) is 6.31. The average molecular weight is 626 g/mol. The largest absolute Gasteiger partial charge is 0.507 e. The molecule has 0 unspecified atom stereocenters. The number of aromatic hydroxyl groups is 1. The minimum Gasteiger partial charge on any atom is -0.507 e. The van der Waals surface area contributed by atoms with Crippen LogP contribution >= 0.6 is 11.9 Å². The van der Waals surface area contributed by atoms with Crippen LogP contribution in [0, 0.1) is 6.92 Å². The lowest BCUT2D eigenvalue weighted by atomic mass is 9.84. The molecule has 0 aromatic heterocycles. The van der Waals surface area contributed by atoms with Gasteiger partial charge in [-0.15, -0.1) is 0 Å². The van der Waals surface area contributed by atoms with Gasteiger partial charge < -0.3 is 20.8 Å². The first kappa shape index (κ1) is 33.6. The van der Waals surface area contributed by atoms with Gasteiger partial charge in [-0.2, -0.15) is 0 Å². The van der Waals surface area contributed by atoms with Crippen molar-refractivity contribution in [2.45, 2.75) is 69.9 Å². The zero-order chi connectivity index (χ0) is 32.2. The lowest BCUT2D eigenvalue weighted by Crippen LogP contribution is -2.20. The van der Waals surface area contributed by atoms with Crippen molar-refractivity contribution in [2.24, 2.45) is 0 Å². The van der Waals surface area contributed by atoms with Crippen molar-refractivity contribution < 1.29 is 19.8 Å². The molecule has 4 aromatic rings. The number of anilines is 2. The molecule has 4 aromatic carbocycles. The molecule has 0 saturated heterocycles. The van der Waals surface area contributed by atoms with Crippen LogP contribution in [0.25, 0.3) is 0 Å². The van der Waals surface area contributed by atoms with Crippen LogP contribution in [0.5, 0.6) is 5.75 Å². The van der Waals surface area contributed by atoms with E-state index in [2.05, 4.69) is 60.6 Å². The second-order valence-corrected chi connectivity index (χ2v) is 12.5. The molecular formula is C37H43N3O4S. The number of carbonyl (C=O) groups is 2. The predicted octanol–water partition coefficient (Wildman–Crippen LogP) is 8.41. The van der Waals surface area contributed by atoms with Crippen molar-refractivity contribution in [3.8, 4) is 5.75 Å². The molecule has 4 N–H and O–H groups in total. The average Bonchev–Trinajstić information content (AvgIpc) is 3.06. The summed E-state index contributed by atoms with van der Waals surface area (Å²) in [5.41, 5.74) is 12.0. The number of nitrogen functional groups attached to an aromatic ring is 1. The number of phenols is 1. The molecule has 8 heteroatoms. The third-order valence-electron chi connectivity index (χ3n) is 8.09. The Bertz CT molecular complexity index is 1540. The van der Waals surface area contributed by atoms with Crippen molar-refractivity contribution in [1.29, 1.82) is 0 Å². The van der Waals surface area contributed by atoms with Gasteiger partial charge in [0.1, 0.15) is 11.3 Å². The van der Waals surface area contributed by atoms with E-state index in [4.69, 9.17) is 10.8 Å². The van der Waals surface area contributed by atoms with Crippen LogP contribution in [0.4, 0.5) is 11.4 Å². The van der Waals surface area contributed by atoms with Crippen molar-refractivity contribution in [1.82, 2.24) is 4.31 Å². The summed E-state index contributed by atoms with van der Waals surface area (Å²) in [5.74, 6) is -0.917. The van der Waals surface area contributed by atoms with Gasteiger partial charge in [0, 0.05) is 35.4 Å². The molecule has 0 bridgehead atoms. The van der Waals surface area contributed by atoms with Gasteiger partial charge in [-0.3, -0.25) is 4.79 Å². The topological polar surface area (TPSA) is 107 Å². The Morgan fingerprint density at radius 2 is 1.62 bits per heavy atom. The number of hydrogen-bond acceptors (Lipinski definition) is 6. The van der Waals surface area contributed by atoms with E-state index >= 15 is 0 Å². The smallest absolute Gasteiger partial charge is 0.339 e. The van der Waals surface area contributed by atoms with E-state index in [9.17, 15) is 14.7 Å². The highest BCUT2D eigenvalue weighted by Gasteiger charge is 2.16. The maximum Gasteiger partial charge on any atom is 0.339 e. The number of para-hydroxylation sites is 1. The second kappa shape index (κ2) is 16.7. The molecule has 45 heavy (non-hydrogen) atoms. The quantitative estimate of drug-likeness (QED) is 0.0873. The fraction of sp³-hybridized carbons (Fsp3) is 0.297. The Kier molecular flexibility index (Phi) is 12.5. The summed E-state index contributed by atoms with van der Waals surface area (Å²) >= 11 is 1.78. The first-order valence-corrected chi connectivity index (χ1v) is 16.2. The molecule has 0 aliphatic heterocycles. The zero-order valence-corrected chi connectivity index (χ0v) is 26.9. The number of nitrogens with two attached hydrogens (primary N) is 1. The maximum absolute atomic E-state index is 11.5. The molecule has 236 valence electrons. The van der Waals surface area contributed by atoms with Crippen LogP contribution in [0.2, 0.25) is 0 Å². The molecular weight excluding hydrogens is 582 g/mol. The highest BCUT2D eigenvalue weighted by atomic mass is 32.2. The summed E-state index contributed by atoms with van der Waals surface area (Å²) in [4.78, 5) is 25.2. The number of carboxylic acid groups (broad SMARTS) is 1. The van der Waals surface area contributed by atoms with E-state index in [1.807, 2.05) is 30.3 Å². The predicted molar refractivity (Wildman–Crippen MR) is 184 cm³/mol. The third kappa shape index (κ3) is 9.86. The van der Waals surface area contributed by atoms with E-state index in [1.54, 1.807) is 11.9 Å². The van der Waals surface area contributed by atoms with Gasteiger partial charge in [-0.1, -0.05) is 86.3 Å². The summed E-state index contributed by atoms with van der Waals surface area (Å²) < 4.78 is 2.32. The number of hydrogen-bond donors (Lipinski definition) is 3. The number of amides is 1. The number of carbonyl (C=O) groups excluding carboxylic acids is 1. The maximum atomic E-state index is 11.5. The molecule has 1 aliphatic carbocycles. The van der Waals surface area contributed by atoms with Crippen molar-refractivity contribution >= 4 is 35.7 Å². The van der Waals surface area contributed by atoms with Gasteiger partial charge in [0.25, 0.3) is 0 Å². The molecule has 1 aliphatic rings. The Morgan fingerprint density at radius 3 is 2.22 bits per heavy atom. The Balaban J connectivity index is 0.000000215. The van der Waals surface area contributed by atoms with E-state index in [-0.39, 0.29) is 11.3 Å². The molecule has 5 rings (SSSR count). The highest BCUT2D eigenvalue weighted by molar-refractivity contribution is 7.97. The first-order chi connectivity index (χ1) is 21.8. The van der Waals surface area contributed by atoms with E-state index in [1.165, 1.54) is 76.8 Å². The fourth-order valence-electron chi connectivity index (χ4n) is 5.42. The van der Waals surface area contributed by atoms with Gasteiger partial charge in [-0.05, 0) is 84.7 Å². The van der Waals surface area contributed by atoms with Crippen molar-refractivity contribution in [3.05, 3.63) is 119 Å². The molecule has 1 fully saturated rings. The van der Waals surface area contributed by atoms with Crippen molar-refractivity contribution in [2.75, 3.05) is 17.2 Å². The van der Waals surface area contributed by atoms with E-state index in [0.717, 1.165) is 24.3 Å². The number of aryl methyl sites for hydroxylation is 1. The Morgan fingerprint density at radius 1 is 0.933 bits per heavy atom. The standard InChI is InChI=1S/C21H23NO4.C16H20N2S/c23-14-22(18-10-11-19(21(25)26)20(24)12-18)13-15-6-8-17(9-7-15)16-4-2-1-3-5-16;1-3-18(12-14-6-4-5-7-16(14)17)19-15-10-8-13(2)9-11-15/h6-12,14,16,24H,1-5,13H2,(H,25,26);4-11H,3,12,17H2,1-2H3. The Labute approximate surface area is 270 Å². The minimum atomic E-state index is -1.20. The molecule has 0 heterocycles. The summed E-state index contributed by atoms with van der Waals surface area (Å²) in [6, 6.07) is 29.1. The van der Waals surface area contributed by atoms with Gasteiger partial charge in [0.2, 0.25) is 6.41 Å². The SMILES string of the molecule is CCN(Cc1ccccc1N)Sc1ccc(C)cc1.O=CN(Cc1ccc(C2CCCCC2)cc1)c1ccc(C(=O)O)c(O)c1. The second-order valence-electron chi connectivity index (χ2n) is 11.4. The number of aromatic carboxylic acids is 1. The van der Waals surface area contributed by atoms with Crippen molar-refractivity contribution in [3.63, 3.8) is 0 Å². The van der Waals surface area contributed by atoms with Crippen LogP contribution in [0.15, 0.2) is 95.9 Å². The number of benzene rings is 4. The lowest BCUT2D eigenvalue weighted by molar-refractivity contribution is -0.107. The summed E-state index contributed by atoms with van der Waals surface area (Å²) in [7, 11) is 0. The number of rotatable bonds is 11. The van der Waals surface area contributed by atoms with Gasteiger partial charge in [0.15, 0.2) is 0 Å². The van der Waals surface area contributed by atoms with Crippen LogP contribution in [-0.2, 0) is 17.9 Å². The molecule has 0 spiro atoms. The van der Waals surface area contributed by atoms with Crippen LogP contribution in [0.1, 0.15) is 77.6 Å². The molecule has 1 saturated carbocycles. The summed E-state index contributed by atoms with van der Waals surface area (Å²) in [6.07, 6.45) is 7.09. The van der Waals surface area contributed by atoms with Gasteiger partial charge in [-0.25, -0.2) is 9.10 Å². The van der Waals surface area contributed by atoms with Crippen LogP contribution in [-0.4, -0.2) is 33.4 Å². The molecule has 0 radical (unpaired) electrons. The third-order valence-corrected chi connectivity index (χ3v) is 9.22.